The molecule has 0 aromatic heterocycles. The highest BCUT2D eigenvalue weighted by molar-refractivity contribution is 5.32. The molecule has 0 amide bonds. The molecule has 1 aliphatic rings. The van der Waals surface area contributed by atoms with Crippen molar-refractivity contribution >= 4 is 6.47 Å². The SMILES string of the molecule is CC1(CO)CCCC1.O=CO. The first-order valence-corrected chi connectivity index (χ1v) is 3.87. The fraction of sp³-hybridized carbons (Fsp3) is 0.875. The van der Waals surface area contributed by atoms with Crippen LogP contribution in [0.1, 0.15) is 32.6 Å². The zero-order valence-electron chi connectivity index (χ0n) is 6.92. The predicted octanol–water partition coefficient (Wildman–Crippen LogP) is 1.26. The molecule has 3 heteroatoms. The first-order valence-electron chi connectivity index (χ1n) is 3.87. The van der Waals surface area contributed by atoms with Gasteiger partial charge in [-0.3, -0.25) is 4.79 Å². The molecule has 0 bridgehead atoms. The molecule has 0 saturated heterocycles. The Morgan fingerprint density at radius 1 is 1.45 bits per heavy atom. The zero-order valence-corrected chi connectivity index (χ0v) is 6.92. The fourth-order valence-electron chi connectivity index (χ4n) is 1.39. The molecule has 0 aromatic carbocycles. The molecule has 0 atom stereocenters. The van der Waals surface area contributed by atoms with Gasteiger partial charge in [0.15, 0.2) is 0 Å². The third-order valence-corrected chi connectivity index (χ3v) is 2.19. The van der Waals surface area contributed by atoms with Gasteiger partial charge in [0.1, 0.15) is 0 Å². The summed E-state index contributed by atoms with van der Waals surface area (Å²) < 4.78 is 0. The Morgan fingerprint density at radius 2 is 1.82 bits per heavy atom. The summed E-state index contributed by atoms with van der Waals surface area (Å²) in [5, 5.41) is 15.7. The van der Waals surface area contributed by atoms with E-state index in [0.717, 1.165) is 0 Å². The van der Waals surface area contributed by atoms with Crippen molar-refractivity contribution in [2.45, 2.75) is 32.6 Å². The van der Waals surface area contributed by atoms with E-state index in [1.54, 1.807) is 0 Å². The van der Waals surface area contributed by atoms with E-state index in [4.69, 9.17) is 15.0 Å². The lowest BCUT2D eigenvalue weighted by Crippen LogP contribution is -2.15. The van der Waals surface area contributed by atoms with Gasteiger partial charge in [-0.2, -0.15) is 0 Å². The second kappa shape index (κ2) is 5.13. The van der Waals surface area contributed by atoms with E-state index < -0.39 is 0 Å². The van der Waals surface area contributed by atoms with E-state index in [1.165, 1.54) is 25.7 Å². The van der Waals surface area contributed by atoms with E-state index in [-0.39, 0.29) is 6.47 Å². The number of hydrogen-bond acceptors (Lipinski definition) is 2. The first kappa shape index (κ1) is 10.4. The summed E-state index contributed by atoms with van der Waals surface area (Å²) >= 11 is 0. The van der Waals surface area contributed by atoms with Gasteiger partial charge in [0.2, 0.25) is 0 Å². The summed E-state index contributed by atoms with van der Waals surface area (Å²) in [6.07, 6.45) is 5.08. The van der Waals surface area contributed by atoms with Gasteiger partial charge in [0.05, 0.1) is 0 Å². The van der Waals surface area contributed by atoms with Crippen molar-refractivity contribution in [3.63, 3.8) is 0 Å². The maximum atomic E-state index is 8.83. The molecule has 1 fully saturated rings. The monoisotopic (exact) mass is 160 g/mol. The minimum atomic E-state index is -0.250. The highest BCUT2D eigenvalue weighted by Crippen LogP contribution is 2.36. The van der Waals surface area contributed by atoms with Crippen molar-refractivity contribution in [2.75, 3.05) is 6.61 Å². The Kier molecular flexibility index (Phi) is 4.86. The van der Waals surface area contributed by atoms with Crippen LogP contribution in [-0.4, -0.2) is 23.3 Å². The summed E-state index contributed by atoms with van der Waals surface area (Å²) in [4.78, 5) is 8.36. The summed E-state index contributed by atoms with van der Waals surface area (Å²) in [5.74, 6) is 0. The van der Waals surface area contributed by atoms with Crippen molar-refractivity contribution in [1.82, 2.24) is 0 Å². The number of aliphatic hydroxyl groups is 1. The molecular formula is C8H16O3. The standard InChI is InChI=1S/C7H14O.CH2O2/c1-7(6-8)4-2-3-5-7;2-1-3/h8H,2-6H2,1H3;1H,(H,2,3). The van der Waals surface area contributed by atoms with Crippen LogP contribution in [0.4, 0.5) is 0 Å². The molecule has 1 saturated carbocycles. The Labute approximate surface area is 67.0 Å². The number of carbonyl (C=O) groups is 1. The van der Waals surface area contributed by atoms with Crippen LogP contribution in [0.2, 0.25) is 0 Å². The van der Waals surface area contributed by atoms with Crippen molar-refractivity contribution in [3.05, 3.63) is 0 Å². The predicted molar refractivity (Wildman–Crippen MR) is 42.4 cm³/mol. The second-order valence-corrected chi connectivity index (χ2v) is 3.28. The molecule has 0 aromatic rings. The molecule has 3 nitrogen and oxygen atoms in total. The van der Waals surface area contributed by atoms with Crippen LogP contribution in [-0.2, 0) is 4.79 Å². The third kappa shape index (κ3) is 3.98. The number of carboxylic acid groups (broad SMARTS) is 1. The Balaban J connectivity index is 0.000000292. The molecule has 11 heavy (non-hydrogen) atoms. The van der Waals surface area contributed by atoms with Gasteiger partial charge in [-0.25, -0.2) is 0 Å². The van der Waals surface area contributed by atoms with E-state index in [2.05, 4.69) is 6.92 Å². The largest absolute Gasteiger partial charge is 0.483 e. The lowest BCUT2D eigenvalue weighted by molar-refractivity contribution is -0.122. The Bertz CT molecular complexity index is 106. The van der Waals surface area contributed by atoms with Gasteiger partial charge in [-0.15, -0.1) is 0 Å². The summed E-state index contributed by atoms with van der Waals surface area (Å²) in [6, 6.07) is 0. The smallest absolute Gasteiger partial charge is 0.290 e. The van der Waals surface area contributed by atoms with Crippen LogP contribution in [0.5, 0.6) is 0 Å². The quantitative estimate of drug-likeness (QED) is 0.568. The first-order chi connectivity index (χ1) is 5.18. The van der Waals surface area contributed by atoms with Crippen molar-refractivity contribution in [3.8, 4) is 0 Å². The highest BCUT2D eigenvalue weighted by Gasteiger charge is 2.26. The van der Waals surface area contributed by atoms with Crippen molar-refractivity contribution < 1.29 is 15.0 Å². The van der Waals surface area contributed by atoms with Gasteiger partial charge >= 0.3 is 0 Å². The van der Waals surface area contributed by atoms with Gasteiger partial charge in [0.25, 0.3) is 6.47 Å². The molecule has 2 N–H and O–H groups in total. The topological polar surface area (TPSA) is 57.5 Å². The number of aliphatic hydroxyl groups excluding tert-OH is 1. The molecule has 0 unspecified atom stereocenters. The normalized spacial score (nSPS) is 20.2. The molecule has 0 spiro atoms. The zero-order chi connectivity index (χ0) is 8.74. The highest BCUT2D eigenvalue weighted by atomic mass is 16.3. The Morgan fingerprint density at radius 3 is 2.00 bits per heavy atom. The van der Waals surface area contributed by atoms with E-state index in [9.17, 15) is 0 Å². The van der Waals surface area contributed by atoms with Gasteiger partial charge in [0, 0.05) is 6.61 Å². The fourth-order valence-corrected chi connectivity index (χ4v) is 1.39. The van der Waals surface area contributed by atoms with Crippen molar-refractivity contribution in [2.24, 2.45) is 5.41 Å². The average Bonchev–Trinajstić information content (AvgIpc) is 2.39. The minimum absolute atomic E-state index is 0.250. The van der Waals surface area contributed by atoms with Crippen LogP contribution in [0.25, 0.3) is 0 Å². The van der Waals surface area contributed by atoms with Crippen LogP contribution in [0.3, 0.4) is 0 Å². The molecular weight excluding hydrogens is 144 g/mol. The maximum Gasteiger partial charge on any atom is 0.290 e. The summed E-state index contributed by atoms with van der Waals surface area (Å²) in [7, 11) is 0. The van der Waals surface area contributed by atoms with E-state index >= 15 is 0 Å². The molecule has 1 aliphatic carbocycles. The number of hydrogen-bond donors (Lipinski definition) is 2. The molecule has 0 radical (unpaired) electrons. The van der Waals surface area contributed by atoms with Crippen LogP contribution in [0, 0.1) is 5.41 Å². The van der Waals surface area contributed by atoms with E-state index in [0.29, 0.717) is 12.0 Å². The van der Waals surface area contributed by atoms with Crippen LogP contribution in [0.15, 0.2) is 0 Å². The van der Waals surface area contributed by atoms with E-state index in [1.807, 2.05) is 0 Å². The Hall–Kier alpha value is -0.570. The lowest BCUT2D eigenvalue weighted by Gasteiger charge is -2.18. The second-order valence-electron chi connectivity index (χ2n) is 3.28. The number of rotatable bonds is 1. The molecule has 0 aliphatic heterocycles. The molecule has 1 rings (SSSR count). The summed E-state index contributed by atoms with van der Waals surface area (Å²) in [6.45, 7) is 2.30. The summed E-state index contributed by atoms with van der Waals surface area (Å²) in [5.41, 5.74) is 0.292. The molecule has 66 valence electrons. The van der Waals surface area contributed by atoms with Gasteiger partial charge in [-0.1, -0.05) is 19.8 Å². The average molecular weight is 160 g/mol. The molecule has 0 heterocycles. The van der Waals surface area contributed by atoms with Gasteiger partial charge < -0.3 is 10.2 Å². The minimum Gasteiger partial charge on any atom is -0.483 e. The van der Waals surface area contributed by atoms with Gasteiger partial charge in [-0.05, 0) is 18.3 Å². The van der Waals surface area contributed by atoms with Crippen LogP contribution >= 0.6 is 0 Å². The lowest BCUT2D eigenvalue weighted by atomic mass is 9.90. The third-order valence-electron chi connectivity index (χ3n) is 2.19. The van der Waals surface area contributed by atoms with Crippen LogP contribution < -0.4 is 0 Å². The maximum absolute atomic E-state index is 8.83. The van der Waals surface area contributed by atoms with Crippen molar-refractivity contribution in [1.29, 1.82) is 0 Å².